The molecule has 1 aliphatic rings. The van der Waals surface area contributed by atoms with E-state index >= 15 is 0 Å². The normalized spacial score (nSPS) is 12.6. The quantitative estimate of drug-likeness (QED) is 0.552. The molecule has 0 bridgehead atoms. The molecule has 3 aromatic rings. The Morgan fingerprint density at radius 3 is 2.76 bits per heavy atom. The van der Waals surface area contributed by atoms with Gasteiger partial charge in [-0.1, -0.05) is 24.3 Å². The number of ether oxygens (including phenoxy) is 2. The van der Waals surface area contributed by atoms with E-state index in [-0.39, 0.29) is 24.9 Å². The van der Waals surface area contributed by atoms with Gasteiger partial charge in [0, 0.05) is 47.2 Å². The van der Waals surface area contributed by atoms with Crippen molar-refractivity contribution in [1.29, 1.82) is 0 Å². The van der Waals surface area contributed by atoms with Crippen molar-refractivity contribution < 1.29 is 19.1 Å². The molecule has 0 atom stereocenters. The number of rotatable bonds is 5. The number of methoxy groups -OCH3 is 1. The number of aromatic nitrogens is 2. The summed E-state index contributed by atoms with van der Waals surface area (Å²) in [6.07, 6.45) is 0.824. The van der Waals surface area contributed by atoms with Crippen molar-refractivity contribution in [2.45, 2.75) is 13.0 Å². The Kier molecular flexibility index (Phi) is 6.36. The number of hydrogen-bond acceptors (Lipinski definition) is 6. The number of hydrogen-bond donors (Lipinski definition) is 3. The lowest BCUT2D eigenvalue weighted by Crippen LogP contribution is -2.25. The van der Waals surface area contributed by atoms with Crippen LogP contribution in [-0.4, -0.2) is 42.3 Å². The summed E-state index contributed by atoms with van der Waals surface area (Å²) in [7, 11) is 1.31. The number of nitrogens with one attached hydrogen (secondary N) is 3. The standard InChI is InChI=1S/C20H20N4O4.ClH/c1-27-18(25)11-28-17-7-6-15(12-4-2-3-5-13(12)17)22-20(26)19-14-10-21-9-8-16(14)23-24-19;/h2-7,21H,8-11H2,1H3,(H,22,26)(H,23,24);1H. The maximum Gasteiger partial charge on any atom is 0.343 e. The molecule has 0 radical (unpaired) electrons. The Morgan fingerprint density at radius 1 is 1.17 bits per heavy atom. The highest BCUT2D eigenvalue weighted by Crippen LogP contribution is 2.32. The number of carbonyl (C=O) groups is 2. The predicted octanol–water partition coefficient (Wildman–Crippen LogP) is 2.43. The highest BCUT2D eigenvalue weighted by atomic mass is 35.5. The van der Waals surface area contributed by atoms with E-state index in [4.69, 9.17) is 4.74 Å². The molecule has 0 saturated carbocycles. The first kappa shape index (κ1) is 20.6. The lowest BCUT2D eigenvalue weighted by molar-refractivity contribution is -0.142. The van der Waals surface area contributed by atoms with E-state index in [0.717, 1.165) is 35.0 Å². The van der Waals surface area contributed by atoms with Gasteiger partial charge in [0.15, 0.2) is 12.3 Å². The van der Waals surface area contributed by atoms with E-state index in [1.807, 2.05) is 24.3 Å². The van der Waals surface area contributed by atoms with Crippen molar-refractivity contribution in [3.8, 4) is 5.75 Å². The molecule has 2 aromatic carbocycles. The fourth-order valence-electron chi connectivity index (χ4n) is 3.30. The van der Waals surface area contributed by atoms with Crippen molar-refractivity contribution in [3.05, 3.63) is 53.3 Å². The van der Waals surface area contributed by atoms with Crippen LogP contribution in [0.15, 0.2) is 36.4 Å². The van der Waals surface area contributed by atoms with Gasteiger partial charge in [0.05, 0.1) is 7.11 Å². The SMILES string of the molecule is COC(=O)COc1ccc(NC(=O)c2n[nH]c3c2CNCC3)c2ccccc12.Cl. The second-order valence-corrected chi connectivity index (χ2v) is 6.43. The summed E-state index contributed by atoms with van der Waals surface area (Å²) in [6, 6.07) is 11.0. The fraction of sp³-hybridized carbons (Fsp3) is 0.250. The lowest BCUT2D eigenvalue weighted by atomic mass is 10.1. The number of carbonyl (C=O) groups excluding carboxylic acids is 2. The van der Waals surface area contributed by atoms with E-state index in [1.165, 1.54) is 7.11 Å². The second-order valence-electron chi connectivity index (χ2n) is 6.43. The van der Waals surface area contributed by atoms with Gasteiger partial charge in [-0.3, -0.25) is 9.89 Å². The third-order valence-electron chi connectivity index (χ3n) is 4.73. The van der Waals surface area contributed by atoms with E-state index in [1.54, 1.807) is 12.1 Å². The third kappa shape index (κ3) is 4.18. The lowest BCUT2D eigenvalue weighted by Gasteiger charge is -2.14. The van der Waals surface area contributed by atoms with Crippen LogP contribution in [0.1, 0.15) is 21.7 Å². The van der Waals surface area contributed by atoms with E-state index < -0.39 is 5.97 Å². The molecule has 4 rings (SSSR count). The number of aromatic amines is 1. The Labute approximate surface area is 173 Å². The molecule has 9 heteroatoms. The van der Waals surface area contributed by atoms with Crippen molar-refractivity contribution >= 4 is 40.7 Å². The Hall–Kier alpha value is -3.10. The number of anilines is 1. The molecule has 0 saturated heterocycles. The molecule has 0 fully saturated rings. The van der Waals surface area contributed by atoms with Gasteiger partial charge in [-0.2, -0.15) is 5.10 Å². The van der Waals surface area contributed by atoms with E-state index in [2.05, 4.69) is 25.6 Å². The third-order valence-corrected chi connectivity index (χ3v) is 4.73. The number of halogens is 1. The zero-order valence-electron chi connectivity index (χ0n) is 15.8. The summed E-state index contributed by atoms with van der Waals surface area (Å²) in [6.45, 7) is 1.31. The molecule has 0 unspecified atom stereocenters. The van der Waals surface area contributed by atoms with Crippen LogP contribution in [0.3, 0.4) is 0 Å². The second kappa shape index (κ2) is 8.93. The molecule has 8 nitrogen and oxygen atoms in total. The molecule has 1 amide bonds. The van der Waals surface area contributed by atoms with Crippen LogP contribution in [0.2, 0.25) is 0 Å². The van der Waals surface area contributed by atoms with Crippen LogP contribution in [0.25, 0.3) is 10.8 Å². The molecule has 29 heavy (non-hydrogen) atoms. The summed E-state index contributed by atoms with van der Waals surface area (Å²) >= 11 is 0. The minimum absolute atomic E-state index is 0. The average molecular weight is 417 g/mol. The first-order valence-electron chi connectivity index (χ1n) is 8.97. The molecular weight excluding hydrogens is 396 g/mol. The number of nitrogens with zero attached hydrogens (tertiary/aromatic N) is 1. The average Bonchev–Trinajstić information content (AvgIpc) is 3.17. The van der Waals surface area contributed by atoms with Crippen LogP contribution in [-0.2, 0) is 22.5 Å². The minimum atomic E-state index is -0.460. The first-order valence-corrected chi connectivity index (χ1v) is 8.97. The summed E-state index contributed by atoms with van der Waals surface area (Å²) in [5, 5.41) is 14.9. The van der Waals surface area contributed by atoms with Crippen LogP contribution < -0.4 is 15.4 Å². The van der Waals surface area contributed by atoms with Gasteiger partial charge < -0.3 is 20.1 Å². The summed E-state index contributed by atoms with van der Waals surface area (Å²) in [5.74, 6) is -0.187. The fourth-order valence-corrected chi connectivity index (χ4v) is 3.30. The van der Waals surface area contributed by atoms with Crippen molar-refractivity contribution in [2.24, 2.45) is 0 Å². The Balaban J connectivity index is 0.00000240. The highest BCUT2D eigenvalue weighted by Gasteiger charge is 2.22. The van der Waals surface area contributed by atoms with Crippen LogP contribution in [0, 0.1) is 0 Å². The van der Waals surface area contributed by atoms with Gasteiger partial charge >= 0.3 is 5.97 Å². The monoisotopic (exact) mass is 416 g/mol. The number of esters is 1. The molecule has 1 aliphatic heterocycles. The molecule has 0 aliphatic carbocycles. The van der Waals surface area contributed by atoms with Gasteiger partial charge in [-0.15, -0.1) is 12.4 Å². The smallest absolute Gasteiger partial charge is 0.343 e. The molecular formula is C20H21ClN4O4. The van der Waals surface area contributed by atoms with Crippen LogP contribution in [0.4, 0.5) is 5.69 Å². The van der Waals surface area contributed by atoms with Crippen LogP contribution >= 0.6 is 12.4 Å². The summed E-state index contributed by atoms with van der Waals surface area (Å²) < 4.78 is 10.2. The van der Waals surface area contributed by atoms with Gasteiger partial charge in [0.25, 0.3) is 5.91 Å². The molecule has 1 aromatic heterocycles. The van der Waals surface area contributed by atoms with Crippen molar-refractivity contribution in [2.75, 3.05) is 25.6 Å². The number of fused-ring (bicyclic) bond motifs is 2. The van der Waals surface area contributed by atoms with Crippen LogP contribution in [0.5, 0.6) is 5.75 Å². The van der Waals surface area contributed by atoms with Crippen molar-refractivity contribution in [3.63, 3.8) is 0 Å². The van der Waals surface area contributed by atoms with Gasteiger partial charge in [0.1, 0.15) is 5.75 Å². The Morgan fingerprint density at radius 2 is 1.97 bits per heavy atom. The Bertz CT molecular complexity index is 1050. The maximum atomic E-state index is 12.8. The van der Waals surface area contributed by atoms with E-state index in [0.29, 0.717) is 23.7 Å². The predicted molar refractivity (Wildman–Crippen MR) is 111 cm³/mol. The first-order chi connectivity index (χ1) is 13.7. The number of benzene rings is 2. The van der Waals surface area contributed by atoms with Crippen molar-refractivity contribution in [1.82, 2.24) is 15.5 Å². The summed E-state index contributed by atoms with van der Waals surface area (Å²) in [5.41, 5.74) is 2.95. The van der Waals surface area contributed by atoms with Gasteiger partial charge in [0.2, 0.25) is 0 Å². The van der Waals surface area contributed by atoms with E-state index in [9.17, 15) is 9.59 Å². The molecule has 2 heterocycles. The maximum absolute atomic E-state index is 12.8. The zero-order chi connectivity index (χ0) is 19.5. The molecule has 0 spiro atoms. The zero-order valence-corrected chi connectivity index (χ0v) is 16.6. The minimum Gasteiger partial charge on any atom is -0.481 e. The topological polar surface area (TPSA) is 105 Å². The van der Waals surface area contributed by atoms with Gasteiger partial charge in [-0.25, -0.2) is 4.79 Å². The van der Waals surface area contributed by atoms with Gasteiger partial charge in [-0.05, 0) is 12.1 Å². The number of amides is 1. The largest absolute Gasteiger partial charge is 0.481 e. The highest BCUT2D eigenvalue weighted by molar-refractivity contribution is 6.10. The summed E-state index contributed by atoms with van der Waals surface area (Å²) in [4.78, 5) is 24.2. The molecule has 3 N–H and O–H groups in total. The molecule has 152 valence electrons. The number of H-pyrrole nitrogens is 1.